The van der Waals surface area contributed by atoms with E-state index in [2.05, 4.69) is 65.6 Å². The van der Waals surface area contributed by atoms with Gasteiger partial charge < -0.3 is 9.47 Å². The average Bonchev–Trinajstić information content (AvgIpc) is 2.58. The summed E-state index contributed by atoms with van der Waals surface area (Å²) in [7, 11) is 1.72. The summed E-state index contributed by atoms with van der Waals surface area (Å²) < 4.78 is 10.9. The van der Waals surface area contributed by atoms with Crippen LogP contribution in [0.25, 0.3) is 0 Å². The second kappa shape index (κ2) is 8.97. The second-order valence-electron chi connectivity index (χ2n) is 6.49. The summed E-state index contributed by atoms with van der Waals surface area (Å²) in [5, 5.41) is 0. The van der Waals surface area contributed by atoms with E-state index in [1.807, 2.05) is 0 Å². The number of rotatable bonds is 9. The van der Waals surface area contributed by atoms with Crippen molar-refractivity contribution in [2.45, 2.75) is 38.1 Å². The average molecular weight is 325 g/mol. The van der Waals surface area contributed by atoms with Crippen molar-refractivity contribution in [3.63, 3.8) is 0 Å². The first-order chi connectivity index (χ1) is 11.8. The highest BCUT2D eigenvalue weighted by molar-refractivity contribution is 5.17. The van der Waals surface area contributed by atoms with Crippen LogP contribution in [-0.4, -0.2) is 37.4 Å². The normalized spacial score (nSPS) is 20.1. The molecule has 1 aliphatic carbocycles. The third-order valence-electron chi connectivity index (χ3n) is 4.68. The van der Waals surface area contributed by atoms with Crippen molar-refractivity contribution in [1.82, 2.24) is 4.90 Å². The Morgan fingerprint density at radius 1 is 0.833 bits per heavy atom. The Kier molecular flexibility index (Phi) is 6.41. The Morgan fingerprint density at radius 3 is 1.88 bits per heavy atom. The van der Waals surface area contributed by atoms with Crippen LogP contribution in [-0.2, 0) is 22.6 Å². The van der Waals surface area contributed by atoms with Crippen LogP contribution in [0.5, 0.6) is 0 Å². The lowest BCUT2D eigenvalue weighted by Crippen LogP contribution is -2.47. The van der Waals surface area contributed by atoms with Crippen LogP contribution in [0.1, 0.15) is 24.0 Å². The summed E-state index contributed by atoms with van der Waals surface area (Å²) in [5.74, 6) is 0. The predicted octanol–water partition coefficient (Wildman–Crippen LogP) is 3.88. The number of ether oxygens (including phenoxy) is 2. The molecule has 2 aromatic carbocycles. The lowest BCUT2D eigenvalue weighted by molar-refractivity contribution is -0.0673. The number of benzene rings is 2. The molecule has 3 rings (SSSR count). The Hall–Kier alpha value is -1.68. The second-order valence-corrected chi connectivity index (χ2v) is 6.49. The van der Waals surface area contributed by atoms with Gasteiger partial charge in [-0.3, -0.25) is 4.90 Å². The van der Waals surface area contributed by atoms with Gasteiger partial charge in [0, 0.05) is 26.2 Å². The maximum Gasteiger partial charge on any atom is 0.0704 e. The van der Waals surface area contributed by atoms with Gasteiger partial charge >= 0.3 is 0 Å². The van der Waals surface area contributed by atoms with E-state index in [1.54, 1.807) is 7.11 Å². The van der Waals surface area contributed by atoms with Crippen LogP contribution in [0.2, 0.25) is 0 Å². The minimum Gasteiger partial charge on any atom is -0.382 e. The van der Waals surface area contributed by atoms with Gasteiger partial charge in [-0.25, -0.2) is 0 Å². The molecule has 2 aromatic rings. The molecule has 0 N–H and O–H groups in total. The molecule has 0 heterocycles. The predicted molar refractivity (Wildman–Crippen MR) is 96.8 cm³/mol. The maximum absolute atomic E-state index is 5.85. The topological polar surface area (TPSA) is 21.7 Å². The molecule has 1 aliphatic rings. The fraction of sp³-hybridized carbons (Fsp3) is 0.429. The number of hydrogen-bond donors (Lipinski definition) is 0. The molecule has 3 heteroatoms. The molecule has 1 fully saturated rings. The van der Waals surface area contributed by atoms with E-state index < -0.39 is 0 Å². The van der Waals surface area contributed by atoms with Gasteiger partial charge in [-0.15, -0.1) is 0 Å². The monoisotopic (exact) mass is 325 g/mol. The highest BCUT2D eigenvalue weighted by Gasteiger charge is 2.34. The van der Waals surface area contributed by atoms with Crippen molar-refractivity contribution in [3.05, 3.63) is 71.8 Å². The van der Waals surface area contributed by atoms with Crippen LogP contribution in [0.3, 0.4) is 0 Å². The molecule has 0 saturated heterocycles. The van der Waals surface area contributed by atoms with Crippen molar-refractivity contribution in [2.24, 2.45) is 0 Å². The first kappa shape index (κ1) is 17.2. The summed E-state index contributed by atoms with van der Waals surface area (Å²) in [6, 6.07) is 22.1. The molecule has 0 aromatic heterocycles. The van der Waals surface area contributed by atoms with Crippen molar-refractivity contribution in [3.8, 4) is 0 Å². The zero-order valence-corrected chi connectivity index (χ0v) is 14.4. The molecule has 128 valence electrons. The minimum atomic E-state index is 0.388. The summed E-state index contributed by atoms with van der Waals surface area (Å²) in [4.78, 5) is 2.58. The molecule has 0 bridgehead atoms. The molecule has 0 amide bonds. The summed E-state index contributed by atoms with van der Waals surface area (Å²) >= 11 is 0. The van der Waals surface area contributed by atoms with Crippen LogP contribution in [0, 0.1) is 0 Å². The Labute approximate surface area is 145 Å². The Balaban J connectivity index is 1.58. The van der Waals surface area contributed by atoms with Crippen molar-refractivity contribution < 1.29 is 9.47 Å². The molecule has 0 radical (unpaired) electrons. The van der Waals surface area contributed by atoms with Gasteiger partial charge in [0.2, 0.25) is 0 Å². The van der Waals surface area contributed by atoms with E-state index in [1.165, 1.54) is 11.1 Å². The summed E-state index contributed by atoms with van der Waals surface area (Å²) in [6.45, 7) is 3.36. The molecule has 0 unspecified atom stereocenters. The van der Waals surface area contributed by atoms with Gasteiger partial charge in [0.15, 0.2) is 0 Å². The third kappa shape index (κ3) is 4.91. The molecule has 0 spiro atoms. The van der Waals surface area contributed by atoms with E-state index in [0.717, 1.165) is 25.9 Å². The lowest BCUT2D eigenvalue weighted by Gasteiger charge is -2.43. The Morgan fingerprint density at radius 2 is 1.38 bits per heavy atom. The van der Waals surface area contributed by atoms with E-state index in [-0.39, 0.29) is 0 Å². The molecule has 24 heavy (non-hydrogen) atoms. The van der Waals surface area contributed by atoms with E-state index in [4.69, 9.17) is 9.47 Å². The number of methoxy groups -OCH3 is 1. The van der Waals surface area contributed by atoms with Gasteiger partial charge in [0.05, 0.1) is 19.3 Å². The van der Waals surface area contributed by atoms with Crippen molar-refractivity contribution >= 4 is 0 Å². The number of hydrogen-bond acceptors (Lipinski definition) is 3. The van der Waals surface area contributed by atoms with Crippen LogP contribution >= 0.6 is 0 Å². The molecule has 0 atom stereocenters. The fourth-order valence-electron chi connectivity index (χ4n) is 3.22. The lowest BCUT2D eigenvalue weighted by atomic mass is 9.87. The van der Waals surface area contributed by atoms with Gasteiger partial charge in [-0.1, -0.05) is 60.7 Å². The highest BCUT2D eigenvalue weighted by Crippen LogP contribution is 2.30. The van der Waals surface area contributed by atoms with Crippen molar-refractivity contribution in [2.75, 3.05) is 20.3 Å². The highest BCUT2D eigenvalue weighted by atomic mass is 16.5. The molecular weight excluding hydrogens is 298 g/mol. The summed E-state index contributed by atoms with van der Waals surface area (Å²) in [5.41, 5.74) is 2.74. The van der Waals surface area contributed by atoms with Gasteiger partial charge in [0.1, 0.15) is 0 Å². The van der Waals surface area contributed by atoms with Crippen LogP contribution in [0.4, 0.5) is 0 Å². The standard InChI is InChI=1S/C21H27NO2/c1-23-12-13-24-21-14-20(15-21)22(16-18-8-4-2-5-9-18)17-19-10-6-3-7-11-19/h2-11,20-21H,12-17H2,1H3/t20-,21-. The van der Waals surface area contributed by atoms with E-state index in [9.17, 15) is 0 Å². The zero-order chi connectivity index (χ0) is 16.6. The number of nitrogens with zero attached hydrogens (tertiary/aromatic N) is 1. The third-order valence-corrected chi connectivity index (χ3v) is 4.68. The van der Waals surface area contributed by atoms with Crippen molar-refractivity contribution in [1.29, 1.82) is 0 Å². The van der Waals surface area contributed by atoms with Crippen LogP contribution in [0.15, 0.2) is 60.7 Å². The molecular formula is C21H27NO2. The molecule has 3 nitrogen and oxygen atoms in total. The van der Waals surface area contributed by atoms with E-state index in [0.29, 0.717) is 25.4 Å². The molecule has 1 saturated carbocycles. The smallest absolute Gasteiger partial charge is 0.0704 e. The van der Waals surface area contributed by atoms with Gasteiger partial charge in [0.25, 0.3) is 0 Å². The fourth-order valence-corrected chi connectivity index (χ4v) is 3.22. The quantitative estimate of drug-likeness (QED) is 0.653. The van der Waals surface area contributed by atoms with Crippen LogP contribution < -0.4 is 0 Å². The van der Waals surface area contributed by atoms with E-state index >= 15 is 0 Å². The largest absolute Gasteiger partial charge is 0.382 e. The summed E-state index contributed by atoms with van der Waals surface area (Å²) in [6.07, 6.45) is 2.62. The maximum atomic E-state index is 5.85. The zero-order valence-electron chi connectivity index (χ0n) is 14.4. The first-order valence-electron chi connectivity index (χ1n) is 8.77. The van der Waals surface area contributed by atoms with Gasteiger partial charge in [-0.2, -0.15) is 0 Å². The SMILES string of the molecule is COCCO[C@H]1C[C@H](N(Cc2ccccc2)Cc2ccccc2)C1. The van der Waals surface area contributed by atoms with Gasteiger partial charge in [-0.05, 0) is 24.0 Å². The molecule has 0 aliphatic heterocycles. The Bertz CT molecular complexity index is 540. The minimum absolute atomic E-state index is 0.388. The first-order valence-corrected chi connectivity index (χ1v) is 8.77.